The number of nitrogens with zero attached hydrogens (tertiary/aromatic N) is 1. The minimum absolute atomic E-state index is 0.00727. The van der Waals surface area contributed by atoms with Crippen LogP contribution >= 0.6 is 0 Å². The number of likely N-dealkylation sites (tertiary alicyclic amines) is 1. The van der Waals surface area contributed by atoms with Gasteiger partial charge < -0.3 is 9.64 Å². The van der Waals surface area contributed by atoms with Gasteiger partial charge in [-0.1, -0.05) is 12.1 Å². The molecule has 2 aromatic carbocycles. The van der Waals surface area contributed by atoms with E-state index in [4.69, 9.17) is 9.88 Å². The first-order valence-corrected chi connectivity index (χ1v) is 9.96. The van der Waals surface area contributed by atoms with Crippen molar-refractivity contribution in [1.82, 2.24) is 4.90 Å². The molecule has 3 rings (SSSR count). The molecule has 6 nitrogen and oxygen atoms in total. The second-order valence-corrected chi connectivity index (χ2v) is 8.09. The summed E-state index contributed by atoms with van der Waals surface area (Å²) in [5.41, 5.74) is 1.70. The summed E-state index contributed by atoms with van der Waals surface area (Å²) in [7, 11) is -2.10. The van der Waals surface area contributed by atoms with Gasteiger partial charge in [-0.2, -0.15) is 0 Å². The van der Waals surface area contributed by atoms with Crippen LogP contribution in [0.2, 0.25) is 0 Å². The molecular weight excluding hydrogens is 352 g/mol. The first-order valence-electron chi connectivity index (χ1n) is 8.42. The Hall–Kier alpha value is -2.38. The fourth-order valence-electron chi connectivity index (χ4n) is 3.25. The van der Waals surface area contributed by atoms with E-state index in [9.17, 15) is 13.2 Å². The molecule has 0 aromatic heterocycles. The van der Waals surface area contributed by atoms with Crippen LogP contribution in [-0.4, -0.2) is 39.4 Å². The summed E-state index contributed by atoms with van der Waals surface area (Å²) in [6.45, 7) is 1.40. The lowest BCUT2D eigenvalue weighted by Crippen LogP contribution is -2.29. The molecule has 1 unspecified atom stereocenters. The van der Waals surface area contributed by atoms with Crippen LogP contribution < -0.4 is 9.88 Å². The summed E-state index contributed by atoms with van der Waals surface area (Å²) in [6.07, 6.45) is 1.87. The zero-order chi connectivity index (χ0) is 18.7. The van der Waals surface area contributed by atoms with Crippen LogP contribution in [0.5, 0.6) is 5.75 Å². The molecule has 1 fully saturated rings. The highest BCUT2D eigenvalue weighted by atomic mass is 32.2. The average molecular weight is 374 g/mol. The molecule has 0 aliphatic carbocycles. The number of hydrogen-bond acceptors (Lipinski definition) is 4. The molecule has 0 saturated carbocycles. The minimum Gasteiger partial charge on any atom is -0.497 e. The topological polar surface area (TPSA) is 89.7 Å². The number of primary sulfonamides is 1. The maximum atomic E-state index is 12.6. The Balaban J connectivity index is 1.61. The summed E-state index contributed by atoms with van der Waals surface area (Å²) in [6, 6.07) is 13.8. The Kier molecular flexibility index (Phi) is 5.29. The number of ether oxygens (including phenoxy) is 1. The standard InChI is InChI=1S/C19H22N2O4S/c1-25-17-6-2-14(3-7-17)12-15-10-11-21(13-15)19(22)16-4-8-18(9-5-16)26(20,23)24/h2-9,15H,10-13H2,1H3,(H2,20,23,24). The number of sulfonamides is 1. The number of benzene rings is 2. The van der Waals surface area contributed by atoms with E-state index in [1.165, 1.54) is 29.8 Å². The summed E-state index contributed by atoms with van der Waals surface area (Å²) in [5, 5.41) is 5.08. The molecule has 1 aliphatic rings. The van der Waals surface area contributed by atoms with E-state index >= 15 is 0 Å². The van der Waals surface area contributed by atoms with E-state index in [1.54, 1.807) is 7.11 Å². The van der Waals surface area contributed by atoms with Crippen molar-refractivity contribution in [3.8, 4) is 5.75 Å². The Labute approximate surface area is 153 Å². The van der Waals surface area contributed by atoms with E-state index in [2.05, 4.69) is 12.1 Å². The van der Waals surface area contributed by atoms with Crippen molar-refractivity contribution in [2.45, 2.75) is 17.7 Å². The van der Waals surface area contributed by atoms with Crippen LogP contribution in [0.3, 0.4) is 0 Å². The molecule has 1 heterocycles. The molecule has 0 radical (unpaired) electrons. The number of carbonyl (C=O) groups is 1. The molecular formula is C19H22N2O4S. The summed E-state index contributed by atoms with van der Waals surface area (Å²) in [5.74, 6) is 1.17. The Morgan fingerprint density at radius 3 is 2.38 bits per heavy atom. The third-order valence-electron chi connectivity index (χ3n) is 4.69. The van der Waals surface area contributed by atoms with Gasteiger partial charge in [0, 0.05) is 18.7 Å². The van der Waals surface area contributed by atoms with Crippen molar-refractivity contribution in [3.63, 3.8) is 0 Å². The number of rotatable bonds is 5. The summed E-state index contributed by atoms with van der Waals surface area (Å²) < 4.78 is 27.8. The Morgan fingerprint density at radius 1 is 1.15 bits per heavy atom. The van der Waals surface area contributed by atoms with Crippen molar-refractivity contribution >= 4 is 15.9 Å². The fourth-order valence-corrected chi connectivity index (χ4v) is 3.76. The van der Waals surface area contributed by atoms with Gasteiger partial charge in [0.25, 0.3) is 5.91 Å². The lowest BCUT2D eigenvalue weighted by molar-refractivity contribution is 0.0787. The predicted octanol–water partition coefficient (Wildman–Crippen LogP) is 2.05. The zero-order valence-electron chi connectivity index (χ0n) is 14.6. The summed E-state index contributed by atoms with van der Waals surface area (Å²) >= 11 is 0. The van der Waals surface area contributed by atoms with Gasteiger partial charge in [0.05, 0.1) is 12.0 Å². The zero-order valence-corrected chi connectivity index (χ0v) is 15.4. The van der Waals surface area contributed by atoms with Crippen LogP contribution in [0.15, 0.2) is 53.4 Å². The molecule has 7 heteroatoms. The van der Waals surface area contributed by atoms with Crippen molar-refractivity contribution in [1.29, 1.82) is 0 Å². The number of hydrogen-bond donors (Lipinski definition) is 1. The normalized spacial score (nSPS) is 17.3. The Bertz CT molecular complexity index is 877. The number of nitrogens with two attached hydrogens (primary N) is 1. The molecule has 1 saturated heterocycles. The molecule has 1 aliphatic heterocycles. The number of carbonyl (C=O) groups excluding carboxylic acids is 1. The van der Waals surface area contributed by atoms with Crippen molar-refractivity contribution in [2.75, 3.05) is 20.2 Å². The summed E-state index contributed by atoms with van der Waals surface area (Å²) in [4.78, 5) is 14.4. The maximum Gasteiger partial charge on any atom is 0.253 e. The largest absolute Gasteiger partial charge is 0.497 e. The highest BCUT2D eigenvalue weighted by Gasteiger charge is 2.27. The van der Waals surface area contributed by atoms with Gasteiger partial charge in [-0.05, 0) is 60.7 Å². The average Bonchev–Trinajstić information content (AvgIpc) is 3.09. The monoisotopic (exact) mass is 374 g/mol. The lowest BCUT2D eigenvalue weighted by atomic mass is 9.99. The lowest BCUT2D eigenvalue weighted by Gasteiger charge is -2.17. The molecule has 1 amide bonds. The minimum atomic E-state index is -3.75. The first-order chi connectivity index (χ1) is 12.4. The van der Waals surface area contributed by atoms with Gasteiger partial charge in [0.15, 0.2) is 0 Å². The number of methoxy groups -OCH3 is 1. The molecule has 1 atom stereocenters. The highest BCUT2D eigenvalue weighted by Crippen LogP contribution is 2.24. The molecule has 26 heavy (non-hydrogen) atoms. The SMILES string of the molecule is COc1ccc(CC2CCN(C(=O)c3ccc(S(N)(=O)=O)cc3)C2)cc1. The van der Waals surface area contributed by atoms with E-state index in [0.717, 1.165) is 18.6 Å². The molecule has 138 valence electrons. The van der Waals surface area contributed by atoms with Crippen LogP contribution in [0.1, 0.15) is 22.3 Å². The quantitative estimate of drug-likeness (QED) is 0.867. The van der Waals surface area contributed by atoms with Gasteiger partial charge in [-0.3, -0.25) is 4.79 Å². The smallest absolute Gasteiger partial charge is 0.253 e. The van der Waals surface area contributed by atoms with Gasteiger partial charge in [-0.15, -0.1) is 0 Å². The van der Waals surface area contributed by atoms with Crippen LogP contribution in [0, 0.1) is 5.92 Å². The number of amides is 1. The second-order valence-electron chi connectivity index (χ2n) is 6.53. The van der Waals surface area contributed by atoms with Gasteiger partial charge in [0.1, 0.15) is 5.75 Å². The molecule has 2 N–H and O–H groups in total. The second kappa shape index (κ2) is 7.47. The third-order valence-corrected chi connectivity index (χ3v) is 5.62. The van der Waals surface area contributed by atoms with E-state index in [1.807, 2.05) is 17.0 Å². The van der Waals surface area contributed by atoms with Gasteiger partial charge >= 0.3 is 0 Å². The van der Waals surface area contributed by atoms with Crippen LogP contribution in [0.4, 0.5) is 0 Å². The van der Waals surface area contributed by atoms with Gasteiger partial charge in [0.2, 0.25) is 10.0 Å². The van der Waals surface area contributed by atoms with E-state index in [-0.39, 0.29) is 10.8 Å². The fraction of sp³-hybridized carbons (Fsp3) is 0.316. The van der Waals surface area contributed by atoms with Crippen LogP contribution in [-0.2, 0) is 16.4 Å². The van der Waals surface area contributed by atoms with E-state index in [0.29, 0.717) is 24.6 Å². The first kappa shape index (κ1) is 18.4. The molecule has 0 bridgehead atoms. The molecule has 2 aromatic rings. The predicted molar refractivity (Wildman–Crippen MR) is 98.5 cm³/mol. The Morgan fingerprint density at radius 2 is 1.81 bits per heavy atom. The van der Waals surface area contributed by atoms with E-state index < -0.39 is 10.0 Å². The third kappa shape index (κ3) is 4.23. The van der Waals surface area contributed by atoms with Crippen molar-refractivity contribution in [2.24, 2.45) is 11.1 Å². The molecule has 0 spiro atoms. The van der Waals surface area contributed by atoms with Crippen molar-refractivity contribution in [3.05, 3.63) is 59.7 Å². The van der Waals surface area contributed by atoms with Gasteiger partial charge in [-0.25, -0.2) is 13.6 Å². The highest BCUT2D eigenvalue weighted by molar-refractivity contribution is 7.89. The van der Waals surface area contributed by atoms with Crippen molar-refractivity contribution < 1.29 is 17.9 Å². The maximum absolute atomic E-state index is 12.6. The van der Waals surface area contributed by atoms with Crippen LogP contribution in [0.25, 0.3) is 0 Å².